The van der Waals surface area contributed by atoms with Gasteiger partial charge in [-0.05, 0) is 58.1 Å². The first-order valence-corrected chi connectivity index (χ1v) is 11.9. The van der Waals surface area contributed by atoms with E-state index in [0.717, 1.165) is 16.7 Å². The zero-order chi connectivity index (χ0) is 25.7. The van der Waals surface area contributed by atoms with E-state index in [-0.39, 0.29) is 12.5 Å². The summed E-state index contributed by atoms with van der Waals surface area (Å²) >= 11 is 0. The van der Waals surface area contributed by atoms with Crippen LogP contribution < -0.4 is 16.0 Å². The van der Waals surface area contributed by atoms with Crippen LogP contribution in [-0.2, 0) is 27.4 Å². The third kappa shape index (κ3) is 11.9. The highest BCUT2D eigenvalue weighted by Gasteiger charge is 2.24. The van der Waals surface area contributed by atoms with Gasteiger partial charge in [-0.2, -0.15) is 0 Å². The molecule has 3 amide bonds. The summed E-state index contributed by atoms with van der Waals surface area (Å²) in [5.41, 5.74) is 2.35. The van der Waals surface area contributed by atoms with Crippen molar-refractivity contribution in [1.82, 2.24) is 16.0 Å². The van der Waals surface area contributed by atoms with Crippen LogP contribution in [0, 0.1) is 6.92 Å². The van der Waals surface area contributed by atoms with Crippen LogP contribution in [0.15, 0.2) is 54.6 Å². The van der Waals surface area contributed by atoms with Crippen molar-refractivity contribution < 1.29 is 23.9 Å². The molecule has 0 aromatic heterocycles. The number of alkyl carbamates (subject to hydrolysis) is 2. The summed E-state index contributed by atoms with van der Waals surface area (Å²) in [5.74, 6) is -0.285. The molecule has 3 N–H and O–H groups in total. The van der Waals surface area contributed by atoms with Gasteiger partial charge in [-0.1, -0.05) is 60.2 Å². The third-order valence-electron chi connectivity index (χ3n) is 5.00. The van der Waals surface area contributed by atoms with Gasteiger partial charge in [-0.3, -0.25) is 4.79 Å². The quantitative estimate of drug-likeness (QED) is 0.405. The van der Waals surface area contributed by atoms with Gasteiger partial charge in [0.1, 0.15) is 18.2 Å². The van der Waals surface area contributed by atoms with E-state index in [4.69, 9.17) is 9.47 Å². The Hall–Kier alpha value is -3.55. The molecule has 2 aromatic carbocycles. The smallest absolute Gasteiger partial charge is 0.408 e. The van der Waals surface area contributed by atoms with Gasteiger partial charge in [-0.25, -0.2) is 9.59 Å². The Morgan fingerprint density at radius 2 is 1.54 bits per heavy atom. The lowest BCUT2D eigenvalue weighted by Crippen LogP contribution is -2.48. The minimum absolute atomic E-state index is 0.204. The van der Waals surface area contributed by atoms with Crippen LogP contribution in [0.2, 0.25) is 0 Å². The number of carbonyl (C=O) groups is 3. The minimum atomic E-state index is -0.750. The number of carbonyl (C=O) groups excluding carboxylic acids is 3. The molecule has 0 aliphatic rings. The lowest BCUT2D eigenvalue weighted by Gasteiger charge is -2.23. The predicted molar refractivity (Wildman–Crippen MR) is 135 cm³/mol. The van der Waals surface area contributed by atoms with Gasteiger partial charge in [0.25, 0.3) is 0 Å². The van der Waals surface area contributed by atoms with Gasteiger partial charge < -0.3 is 25.4 Å². The molecular weight excluding hydrogens is 446 g/mol. The number of benzene rings is 2. The Bertz CT molecular complexity index is 940. The highest BCUT2D eigenvalue weighted by molar-refractivity contribution is 5.85. The summed E-state index contributed by atoms with van der Waals surface area (Å²) < 4.78 is 10.5. The standard InChI is InChI=1S/C27H37N3O5/c1-20-13-15-21(16-14-20)18-29-24(31)23(30-26(33)35-27(2,3)4)12-8-9-17-28-25(32)34-19-22-10-6-5-7-11-22/h5-7,10-11,13-16,23H,8-9,12,17-19H2,1-4H3,(H,28,32)(H,29,31)(H,30,33)/t23-/m0/s1. The summed E-state index contributed by atoms with van der Waals surface area (Å²) in [5, 5.41) is 8.26. The molecule has 2 rings (SSSR count). The maximum Gasteiger partial charge on any atom is 0.408 e. The summed E-state index contributed by atoms with van der Waals surface area (Å²) in [4.78, 5) is 36.9. The predicted octanol–water partition coefficient (Wildman–Crippen LogP) is 4.60. The van der Waals surface area contributed by atoms with E-state index in [1.54, 1.807) is 20.8 Å². The van der Waals surface area contributed by atoms with Crippen molar-refractivity contribution >= 4 is 18.1 Å². The molecule has 0 spiro atoms. The van der Waals surface area contributed by atoms with Crippen LogP contribution in [-0.4, -0.2) is 36.3 Å². The van der Waals surface area contributed by atoms with Gasteiger partial charge in [0.05, 0.1) is 0 Å². The van der Waals surface area contributed by atoms with Gasteiger partial charge in [0, 0.05) is 13.1 Å². The van der Waals surface area contributed by atoms with Gasteiger partial charge in [0.2, 0.25) is 5.91 Å². The number of aryl methyl sites for hydroxylation is 1. The Labute approximate surface area is 207 Å². The van der Waals surface area contributed by atoms with Crippen LogP contribution in [0.4, 0.5) is 9.59 Å². The minimum Gasteiger partial charge on any atom is -0.445 e. The highest BCUT2D eigenvalue weighted by Crippen LogP contribution is 2.09. The molecule has 0 aliphatic carbocycles. The van der Waals surface area contributed by atoms with Crippen LogP contribution in [0.1, 0.15) is 56.7 Å². The Morgan fingerprint density at radius 3 is 2.20 bits per heavy atom. The second-order valence-corrected chi connectivity index (χ2v) is 9.39. The zero-order valence-corrected chi connectivity index (χ0v) is 21.1. The fourth-order valence-electron chi connectivity index (χ4n) is 3.17. The molecule has 0 fully saturated rings. The van der Waals surface area contributed by atoms with Crippen LogP contribution in [0.25, 0.3) is 0 Å². The molecule has 0 heterocycles. The van der Waals surface area contributed by atoms with Crippen LogP contribution >= 0.6 is 0 Å². The summed E-state index contributed by atoms with van der Waals surface area (Å²) in [7, 11) is 0. The van der Waals surface area contributed by atoms with Gasteiger partial charge in [-0.15, -0.1) is 0 Å². The molecule has 8 heteroatoms. The van der Waals surface area contributed by atoms with E-state index < -0.39 is 23.8 Å². The van der Waals surface area contributed by atoms with Crippen molar-refractivity contribution in [2.24, 2.45) is 0 Å². The average Bonchev–Trinajstić information content (AvgIpc) is 2.80. The van der Waals surface area contributed by atoms with Gasteiger partial charge >= 0.3 is 12.2 Å². The first-order chi connectivity index (χ1) is 16.6. The molecule has 0 aliphatic heterocycles. The molecule has 8 nitrogen and oxygen atoms in total. The van der Waals surface area contributed by atoms with Crippen LogP contribution in [0.3, 0.4) is 0 Å². The fourth-order valence-corrected chi connectivity index (χ4v) is 3.17. The molecule has 0 saturated carbocycles. The number of rotatable bonds is 11. The Kier molecular flexibility index (Phi) is 11.1. The number of ether oxygens (including phenoxy) is 2. The topological polar surface area (TPSA) is 106 Å². The molecule has 190 valence electrons. The monoisotopic (exact) mass is 483 g/mol. The van der Waals surface area contributed by atoms with E-state index in [2.05, 4.69) is 16.0 Å². The number of hydrogen-bond donors (Lipinski definition) is 3. The maximum absolute atomic E-state index is 12.8. The highest BCUT2D eigenvalue weighted by atomic mass is 16.6. The molecule has 2 aromatic rings. The Morgan fingerprint density at radius 1 is 0.857 bits per heavy atom. The second-order valence-electron chi connectivity index (χ2n) is 9.39. The van der Waals surface area contributed by atoms with Crippen molar-refractivity contribution in [3.63, 3.8) is 0 Å². The maximum atomic E-state index is 12.8. The SMILES string of the molecule is Cc1ccc(CNC(=O)[C@H](CCCCNC(=O)OCc2ccccc2)NC(=O)OC(C)(C)C)cc1. The fraction of sp³-hybridized carbons (Fsp3) is 0.444. The van der Waals surface area contributed by atoms with E-state index in [1.807, 2.05) is 61.5 Å². The molecule has 0 unspecified atom stereocenters. The van der Waals surface area contributed by atoms with Crippen molar-refractivity contribution in [3.8, 4) is 0 Å². The lowest BCUT2D eigenvalue weighted by molar-refractivity contribution is -0.123. The second kappa shape index (κ2) is 14.0. The Balaban J connectivity index is 1.78. The number of amides is 3. The third-order valence-corrected chi connectivity index (χ3v) is 5.00. The summed E-state index contributed by atoms with van der Waals surface area (Å²) in [6.45, 7) is 8.26. The molecule has 0 saturated heterocycles. The normalized spacial score (nSPS) is 11.8. The number of nitrogens with one attached hydrogen (secondary N) is 3. The van der Waals surface area contributed by atoms with Gasteiger partial charge in [0.15, 0.2) is 0 Å². The molecular formula is C27H37N3O5. The van der Waals surface area contributed by atoms with Crippen molar-refractivity contribution in [3.05, 3.63) is 71.3 Å². The first kappa shape index (κ1) is 27.7. The molecule has 35 heavy (non-hydrogen) atoms. The van der Waals surface area contributed by atoms with Crippen LogP contribution in [0.5, 0.6) is 0 Å². The van der Waals surface area contributed by atoms with Crippen molar-refractivity contribution in [1.29, 1.82) is 0 Å². The average molecular weight is 484 g/mol. The number of hydrogen-bond acceptors (Lipinski definition) is 5. The molecule has 0 radical (unpaired) electrons. The zero-order valence-electron chi connectivity index (χ0n) is 21.1. The largest absolute Gasteiger partial charge is 0.445 e. The van der Waals surface area contributed by atoms with E-state index >= 15 is 0 Å². The summed E-state index contributed by atoms with van der Waals surface area (Å²) in [6.07, 6.45) is 0.499. The summed E-state index contributed by atoms with van der Waals surface area (Å²) in [6, 6.07) is 16.6. The number of unbranched alkanes of at least 4 members (excludes halogenated alkanes) is 1. The van der Waals surface area contributed by atoms with E-state index in [9.17, 15) is 14.4 Å². The van der Waals surface area contributed by atoms with Crippen molar-refractivity contribution in [2.75, 3.05) is 6.54 Å². The molecule has 0 bridgehead atoms. The first-order valence-electron chi connectivity index (χ1n) is 11.9. The molecule has 1 atom stereocenters. The van der Waals surface area contributed by atoms with E-state index in [0.29, 0.717) is 32.4 Å². The van der Waals surface area contributed by atoms with E-state index in [1.165, 1.54) is 0 Å². The lowest BCUT2D eigenvalue weighted by atomic mass is 10.1. The van der Waals surface area contributed by atoms with Crippen molar-refractivity contribution in [2.45, 2.75) is 71.8 Å².